The van der Waals surface area contributed by atoms with E-state index in [-0.39, 0.29) is 11.3 Å². The van der Waals surface area contributed by atoms with Crippen molar-refractivity contribution >= 4 is 33.6 Å². The van der Waals surface area contributed by atoms with Crippen LogP contribution in [0.2, 0.25) is 5.02 Å². The van der Waals surface area contributed by atoms with Gasteiger partial charge in [0.25, 0.3) is 5.78 Å². The molecule has 0 spiro atoms. The predicted octanol–water partition coefficient (Wildman–Crippen LogP) is 2.39. The first kappa shape index (κ1) is 20.1. The largest absolute Gasteiger partial charge is 0.361 e. The molecule has 0 aliphatic heterocycles. The van der Waals surface area contributed by atoms with E-state index in [1.807, 2.05) is 0 Å². The van der Waals surface area contributed by atoms with Gasteiger partial charge in [-0.2, -0.15) is 9.10 Å². The van der Waals surface area contributed by atoms with Crippen molar-refractivity contribution in [3.05, 3.63) is 34.8 Å². The average molecular weight is 368 g/mol. The van der Waals surface area contributed by atoms with E-state index < -0.39 is 27.9 Å². The van der Waals surface area contributed by atoms with Crippen LogP contribution in [-0.2, 0) is 14.8 Å². The number of ketones is 1. The summed E-state index contributed by atoms with van der Waals surface area (Å²) >= 11 is 5.80. The molecule has 0 aliphatic rings. The molecule has 128 valence electrons. The van der Waals surface area contributed by atoms with E-state index in [1.54, 1.807) is 13.8 Å². The Balaban J connectivity index is 3.52. The summed E-state index contributed by atoms with van der Waals surface area (Å²) in [6, 6.07) is 3.72. The van der Waals surface area contributed by atoms with Gasteiger partial charge in [0.05, 0.1) is 17.0 Å². The van der Waals surface area contributed by atoms with Gasteiger partial charge in [0.15, 0.2) is 0 Å². The summed E-state index contributed by atoms with van der Waals surface area (Å²) in [5.74, 6) is 1.77. The molecule has 0 radical (unpaired) electrons. The van der Waals surface area contributed by atoms with Gasteiger partial charge in [0, 0.05) is 5.02 Å². The summed E-state index contributed by atoms with van der Waals surface area (Å²) < 4.78 is 27.1. The lowest BCUT2D eigenvalue weighted by molar-refractivity contribution is -0.119. The number of rotatable bonds is 8. The van der Waals surface area contributed by atoms with E-state index in [9.17, 15) is 13.2 Å². The number of hydrogen-bond donors (Lipinski definition) is 0. The molecule has 0 fully saturated rings. The third kappa shape index (κ3) is 4.31. The summed E-state index contributed by atoms with van der Waals surface area (Å²) in [5, 5.41) is 0.389. The summed E-state index contributed by atoms with van der Waals surface area (Å²) in [4.78, 5) is 14.9. The maximum absolute atomic E-state index is 13.0. The van der Waals surface area contributed by atoms with Gasteiger partial charge in [-0.1, -0.05) is 31.4 Å². The number of Topliss-reactive ketones (excluding diaryl/α,β-unsaturated/α-hetero) is 1. The summed E-state index contributed by atoms with van der Waals surface area (Å²) in [5.41, 5.74) is 8.59. The van der Waals surface area contributed by atoms with E-state index in [1.165, 1.54) is 24.3 Å². The molecule has 0 amide bonds. The quantitative estimate of drug-likeness (QED) is 0.305. The first-order valence-corrected chi connectivity index (χ1v) is 9.11. The van der Waals surface area contributed by atoms with Crippen LogP contribution in [0.4, 0.5) is 0 Å². The van der Waals surface area contributed by atoms with Crippen LogP contribution < -0.4 is 0 Å². The average Bonchev–Trinajstić information content (AvgIpc) is 2.55. The Bertz CT molecular complexity index is 778. The van der Waals surface area contributed by atoms with E-state index in [4.69, 9.17) is 23.6 Å². The minimum Gasteiger partial charge on any atom is -0.361 e. The lowest BCUT2D eigenvalue weighted by Crippen LogP contribution is -2.50. The molecule has 0 aromatic heterocycles. The zero-order valence-electron chi connectivity index (χ0n) is 13.4. The normalized spacial score (nSPS) is 13.6. The maximum atomic E-state index is 13.0. The second-order valence-electron chi connectivity index (χ2n) is 4.95. The molecule has 0 bridgehead atoms. The Morgan fingerprint density at radius 1 is 1.38 bits per heavy atom. The zero-order valence-corrected chi connectivity index (χ0v) is 15.0. The molecular weight excluding hydrogens is 350 g/mol. The van der Waals surface area contributed by atoms with Crippen LogP contribution in [0.25, 0.3) is 5.53 Å². The van der Waals surface area contributed by atoms with Gasteiger partial charge in [-0.05, 0) is 37.1 Å². The fourth-order valence-corrected chi connectivity index (χ4v) is 4.28. The number of benzene rings is 1. The molecule has 24 heavy (non-hydrogen) atoms. The third-order valence-corrected chi connectivity index (χ3v) is 5.67. The van der Waals surface area contributed by atoms with Crippen LogP contribution in [0.1, 0.15) is 26.7 Å². The maximum Gasteiger partial charge on any atom is 0.324 e. The number of carbonyl (C=O) groups excluding carboxylic acids is 1. The van der Waals surface area contributed by atoms with E-state index in [0.29, 0.717) is 17.7 Å². The van der Waals surface area contributed by atoms with Crippen molar-refractivity contribution in [2.75, 3.05) is 0 Å². The van der Waals surface area contributed by atoms with Crippen LogP contribution in [0.3, 0.4) is 0 Å². The Labute approximate surface area is 147 Å². The highest BCUT2D eigenvalue weighted by molar-refractivity contribution is 7.89. The van der Waals surface area contributed by atoms with E-state index >= 15 is 0 Å². The minimum atomic E-state index is -4.05. The number of nitrogens with zero attached hydrogens (tertiary/aromatic N) is 3. The SMILES string of the molecule is C#CC(CC)N(C(CC)C(=O)C=[N+]=[N-])S(=O)(=O)c1ccc(Cl)cc1. The van der Waals surface area contributed by atoms with Gasteiger partial charge < -0.3 is 5.53 Å². The molecule has 1 rings (SSSR count). The molecule has 2 unspecified atom stereocenters. The minimum absolute atomic E-state index is 0.0206. The van der Waals surface area contributed by atoms with Crippen LogP contribution in [-0.4, -0.2) is 41.6 Å². The molecule has 1 aromatic rings. The lowest BCUT2D eigenvalue weighted by Gasteiger charge is -2.31. The monoisotopic (exact) mass is 367 g/mol. The molecule has 0 saturated heterocycles. The third-order valence-electron chi connectivity index (χ3n) is 3.48. The molecule has 6 nitrogen and oxygen atoms in total. The number of halogens is 1. The summed E-state index contributed by atoms with van der Waals surface area (Å²) in [6.45, 7) is 3.38. The van der Waals surface area contributed by atoms with Crippen molar-refractivity contribution < 1.29 is 18.0 Å². The Morgan fingerprint density at radius 3 is 2.38 bits per heavy atom. The van der Waals surface area contributed by atoms with E-state index in [0.717, 1.165) is 4.31 Å². The fourth-order valence-electron chi connectivity index (χ4n) is 2.30. The number of carbonyl (C=O) groups is 1. The molecular formula is C16H18ClN3O3S. The predicted molar refractivity (Wildman–Crippen MR) is 92.2 cm³/mol. The molecule has 0 aliphatic carbocycles. The van der Waals surface area contributed by atoms with Crippen LogP contribution in [0.15, 0.2) is 29.2 Å². The van der Waals surface area contributed by atoms with Gasteiger partial charge in [-0.15, -0.1) is 6.42 Å². The fraction of sp³-hybridized carbons (Fsp3) is 0.375. The number of hydrogen-bond acceptors (Lipinski definition) is 3. The first-order valence-electron chi connectivity index (χ1n) is 7.29. The summed E-state index contributed by atoms with van der Waals surface area (Å²) in [7, 11) is -4.05. The van der Waals surface area contributed by atoms with Crippen LogP contribution >= 0.6 is 11.6 Å². The highest BCUT2D eigenvalue weighted by Gasteiger charge is 2.39. The van der Waals surface area contributed by atoms with Gasteiger partial charge in [-0.25, -0.2) is 8.42 Å². The molecule has 0 saturated carbocycles. The van der Waals surface area contributed by atoms with E-state index in [2.05, 4.69) is 10.7 Å². The topological polar surface area (TPSA) is 90.8 Å². The highest BCUT2D eigenvalue weighted by atomic mass is 35.5. The van der Waals surface area contributed by atoms with Crippen molar-refractivity contribution in [1.82, 2.24) is 4.31 Å². The first-order chi connectivity index (χ1) is 11.3. The van der Waals surface area contributed by atoms with Crippen LogP contribution in [0.5, 0.6) is 0 Å². The van der Waals surface area contributed by atoms with Gasteiger partial charge in [0.2, 0.25) is 10.0 Å². The second kappa shape index (κ2) is 8.76. The smallest absolute Gasteiger partial charge is 0.324 e. The Morgan fingerprint density at radius 2 is 1.96 bits per heavy atom. The molecule has 0 N–H and O–H groups in total. The van der Waals surface area contributed by atoms with Crippen molar-refractivity contribution in [2.24, 2.45) is 0 Å². The standard InChI is InChI=1S/C16H18ClN3O3S/c1-4-13(5-2)20(15(6-3)16(21)11-19-18)24(22,23)14-9-7-12(17)8-10-14/h1,7-11,13,15H,5-6H2,2-3H3. The molecule has 0 heterocycles. The number of sulfonamides is 1. The van der Waals surface area contributed by atoms with Gasteiger partial charge >= 0.3 is 6.21 Å². The Kier molecular flexibility index (Phi) is 7.33. The number of terminal acetylenes is 1. The lowest BCUT2D eigenvalue weighted by atomic mass is 10.1. The van der Waals surface area contributed by atoms with Crippen molar-refractivity contribution in [1.29, 1.82) is 0 Å². The molecule has 2 atom stereocenters. The van der Waals surface area contributed by atoms with Crippen molar-refractivity contribution in [3.63, 3.8) is 0 Å². The van der Waals surface area contributed by atoms with Crippen molar-refractivity contribution in [3.8, 4) is 12.3 Å². The summed E-state index contributed by atoms with van der Waals surface area (Å²) in [6.07, 6.45) is 6.66. The van der Waals surface area contributed by atoms with Gasteiger partial charge in [-0.3, -0.25) is 4.79 Å². The van der Waals surface area contributed by atoms with Crippen LogP contribution in [0, 0.1) is 12.3 Å². The molecule has 8 heteroatoms. The Hall–Kier alpha value is -1.97. The second-order valence-corrected chi connectivity index (χ2v) is 7.23. The van der Waals surface area contributed by atoms with Crippen molar-refractivity contribution in [2.45, 2.75) is 43.7 Å². The highest BCUT2D eigenvalue weighted by Crippen LogP contribution is 2.25. The zero-order chi connectivity index (χ0) is 18.3. The van der Waals surface area contributed by atoms with Gasteiger partial charge in [0.1, 0.15) is 0 Å². The molecule has 1 aromatic carbocycles.